The van der Waals surface area contributed by atoms with E-state index in [-0.39, 0.29) is 5.91 Å². The molecular formula is C11H16FN3O. The van der Waals surface area contributed by atoms with Gasteiger partial charge in [-0.05, 0) is 18.6 Å². The van der Waals surface area contributed by atoms with E-state index >= 15 is 0 Å². The fourth-order valence-corrected chi connectivity index (χ4v) is 1.31. The Hall–Kier alpha value is -1.65. The van der Waals surface area contributed by atoms with Gasteiger partial charge in [-0.25, -0.2) is 4.98 Å². The molecule has 0 aliphatic carbocycles. The fourth-order valence-electron chi connectivity index (χ4n) is 1.31. The molecule has 1 heterocycles. The molecule has 0 unspecified atom stereocenters. The third-order valence-corrected chi connectivity index (χ3v) is 2.14. The molecule has 0 aromatic carbocycles. The highest BCUT2D eigenvalue weighted by Gasteiger charge is 2.02. The summed E-state index contributed by atoms with van der Waals surface area (Å²) in [4.78, 5) is 16.2. The first kappa shape index (κ1) is 12.4. The van der Waals surface area contributed by atoms with Crippen molar-refractivity contribution in [3.63, 3.8) is 0 Å². The molecule has 0 fully saturated rings. The molecule has 0 aliphatic heterocycles. The number of nitrogens with one attached hydrogen (secondary N) is 1. The number of rotatable bonds is 5. The van der Waals surface area contributed by atoms with Gasteiger partial charge in [0.25, 0.3) is 0 Å². The van der Waals surface area contributed by atoms with Gasteiger partial charge in [0.15, 0.2) is 0 Å². The van der Waals surface area contributed by atoms with Crippen LogP contribution in [0.1, 0.15) is 13.3 Å². The van der Waals surface area contributed by atoms with Crippen LogP contribution in [0.3, 0.4) is 0 Å². The minimum absolute atomic E-state index is 0.0356. The molecule has 5 heteroatoms. The summed E-state index contributed by atoms with van der Waals surface area (Å²) in [6.45, 7) is 2.82. The number of carbonyl (C=O) groups excluding carboxylic acids is 1. The standard InChI is InChI=1S/C11H16FN3O/c1-9(16)13-7-4-8-15(2)11-6-3-5-10(12)14-11/h3,5-6H,4,7-8H2,1-2H3,(H,13,16). The van der Waals surface area contributed by atoms with E-state index in [9.17, 15) is 9.18 Å². The van der Waals surface area contributed by atoms with Gasteiger partial charge in [-0.2, -0.15) is 4.39 Å². The summed E-state index contributed by atoms with van der Waals surface area (Å²) >= 11 is 0. The van der Waals surface area contributed by atoms with Gasteiger partial charge in [0.1, 0.15) is 5.82 Å². The first-order chi connectivity index (χ1) is 7.59. The van der Waals surface area contributed by atoms with E-state index in [2.05, 4.69) is 10.3 Å². The van der Waals surface area contributed by atoms with Crippen molar-refractivity contribution in [2.24, 2.45) is 0 Å². The zero-order chi connectivity index (χ0) is 12.0. The number of anilines is 1. The second-order valence-electron chi connectivity index (χ2n) is 3.58. The van der Waals surface area contributed by atoms with Crippen LogP contribution >= 0.6 is 0 Å². The molecule has 1 rings (SSSR count). The highest BCUT2D eigenvalue weighted by Crippen LogP contribution is 2.08. The van der Waals surface area contributed by atoms with Crippen LogP contribution in [0, 0.1) is 5.95 Å². The molecule has 16 heavy (non-hydrogen) atoms. The van der Waals surface area contributed by atoms with E-state index in [4.69, 9.17) is 0 Å². The second-order valence-corrected chi connectivity index (χ2v) is 3.58. The van der Waals surface area contributed by atoms with Gasteiger partial charge in [-0.15, -0.1) is 0 Å². The molecule has 0 atom stereocenters. The Kier molecular flexibility index (Phi) is 4.69. The lowest BCUT2D eigenvalue weighted by molar-refractivity contribution is -0.118. The second kappa shape index (κ2) is 6.05. The first-order valence-electron chi connectivity index (χ1n) is 5.17. The van der Waals surface area contributed by atoms with Crippen molar-refractivity contribution in [2.75, 3.05) is 25.0 Å². The van der Waals surface area contributed by atoms with Crippen LogP contribution in [0.4, 0.5) is 10.2 Å². The van der Waals surface area contributed by atoms with Crippen LogP contribution < -0.4 is 10.2 Å². The molecule has 0 saturated heterocycles. The van der Waals surface area contributed by atoms with E-state index < -0.39 is 5.95 Å². The lowest BCUT2D eigenvalue weighted by Gasteiger charge is -2.17. The quantitative estimate of drug-likeness (QED) is 0.604. The number of pyridine rings is 1. The normalized spacial score (nSPS) is 9.94. The molecule has 88 valence electrons. The first-order valence-corrected chi connectivity index (χ1v) is 5.17. The summed E-state index contributed by atoms with van der Waals surface area (Å²) in [5.41, 5.74) is 0. The summed E-state index contributed by atoms with van der Waals surface area (Å²) < 4.78 is 12.8. The number of hydrogen-bond acceptors (Lipinski definition) is 3. The van der Waals surface area contributed by atoms with Crippen LogP contribution in [0.2, 0.25) is 0 Å². The van der Waals surface area contributed by atoms with Crippen LogP contribution in [-0.2, 0) is 4.79 Å². The average molecular weight is 225 g/mol. The molecular weight excluding hydrogens is 209 g/mol. The molecule has 0 aliphatic rings. The molecule has 0 bridgehead atoms. The summed E-state index contributed by atoms with van der Waals surface area (Å²) in [5, 5.41) is 2.70. The Balaban J connectivity index is 2.35. The largest absolute Gasteiger partial charge is 0.360 e. The van der Waals surface area contributed by atoms with Gasteiger partial charge in [-0.3, -0.25) is 4.79 Å². The molecule has 1 N–H and O–H groups in total. The van der Waals surface area contributed by atoms with Gasteiger partial charge in [0, 0.05) is 27.1 Å². The highest BCUT2D eigenvalue weighted by molar-refractivity contribution is 5.72. The Morgan fingerprint density at radius 2 is 2.31 bits per heavy atom. The third-order valence-electron chi connectivity index (χ3n) is 2.14. The molecule has 0 spiro atoms. The smallest absolute Gasteiger partial charge is 0.216 e. The molecule has 4 nitrogen and oxygen atoms in total. The predicted molar refractivity (Wildman–Crippen MR) is 60.8 cm³/mol. The number of carbonyl (C=O) groups is 1. The maximum absolute atomic E-state index is 12.8. The highest BCUT2D eigenvalue weighted by atomic mass is 19.1. The van der Waals surface area contributed by atoms with Crippen molar-refractivity contribution in [3.05, 3.63) is 24.1 Å². The number of nitrogens with zero attached hydrogens (tertiary/aromatic N) is 2. The van der Waals surface area contributed by atoms with Crippen LogP contribution in [0.15, 0.2) is 18.2 Å². The molecule has 0 saturated carbocycles. The van der Waals surface area contributed by atoms with Crippen molar-refractivity contribution in [1.29, 1.82) is 0 Å². The van der Waals surface area contributed by atoms with Gasteiger partial charge in [0.2, 0.25) is 11.9 Å². The van der Waals surface area contributed by atoms with Crippen molar-refractivity contribution < 1.29 is 9.18 Å². The lowest BCUT2D eigenvalue weighted by atomic mass is 10.3. The Labute approximate surface area is 94.5 Å². The molecule has 1 aromatic rings. The van der Waals surface area contributed by atoms with Crippen molar-refractivity contribution in [2.45, 2.75) is 13.3 Å². The van der Waals surface area contributed by atoms with Gasteiger partial charge >= 0.3 is 0 Å². The Morgan fingerprint density at radius 1 is 1.56 bits per heavy atom. The minimum Gasteiger partial charge on any atom is -0.360 e. The summed E-state index contributed by atoms with van der Waals surface area (Å²) in [6, 6.07) is 4.69. The summed E-state index contributed by atoms with van der Waals surface area (Å²) in [7, 11) is 1.84. The summed E-state index contributed by atoms with van der Waals surface area (Å²) in [5.74, 6) is 0.0839. The van der Waals surface area contributed by atoms with Crippen molar-refractivity contribution >= 4 is 11.7 Å². The maximum atomic E-state index is 12.8. The van der Waals surface area contributed by atoms with E-state index in [1.807, 2.05) is 11.9 Å². The molecule has 1 aromatic heterocycles. The number of aromatic nitrogens is 1. The monoisotopic (exact) mass is 225 g/mol. The zero-order valence-corrected chi connectivity index (χ0v) is 9.53. The van der Waals surface area contributed by atoms with Gasteiger partial charge < -0.3 is 10.2 Å². The Bertz CT molecular complexity index is 357. The average Bonchev–Trinajstić information content (AvgIpc) is 2.24. The predicted octanol–water partition coefficient (Wildman–Crippen LogP) is 1.18. The topological polar surface area (TPSA) is 45.2 Å². The van der Waals surface area contributed by atoms with Crippen LogP contribution in [0.5, 0.6) is 0 Å². The van der Waals surface area contributed by atoms with Gasteiger partial charge in [0.05, 0.1) is 0 Å². The summed E-state index contributed by atoms with van der Waals surface area (Å²) in [6.07, 6.45) is 0.800. The van der Waals surface area contributed by atoms with Crippen molar-refractivity contribution in [3.8, 4) is 0 Å². The Morgan fingerprint density at radius 3 is 2.94 bits per heavy atom. The van der Waals surface area contributed by atoms with Crippen molar-refractivity contribution in [1.82, 2.24) is 10.3 Å². The SMILES string of the molecule is CC(=O)NCCCN(C)c1cccc(F)n1. The van der Waals surface area contributed by atoms with E-state index in [1.165, 1.54) is 13.0 Å². The van der Waals surface area contributed by atoms with E-state index in [1.54, 1.807) is 12.1 Å². The fraction of sp³-hybridized carbons (Fsp3) is 0.455. The number of hydrogen-bond donors (Lipinski definition) is 1. The minimum atomic E-state index is -0.480. The lowest BCUT2D eigenvalue weighted by Crippen LogP contribution is -2.26. The van der Waals surface area contributed by atoms with Crippen LogP contribution in [-0.4, -0.2) is 31.0 Å². The third kappa shape index (κ3) is 4.25. The maximum Gasteiger partial charge on any atom is 0.216 e. The van der Waals surface area contributed by atoms with Gasteiger partial charge in [-0.1, -0.05) is 6.07 Å². The van der Waals surface area contributed by atoms with E-state index in [0.717, 1.165) is 13.0 Å². The zero-order valence-electron chi connectivity index (χ0n) is 9.53. The molecule has 1 amide bonds. The van der Waals surface area contributed by atoms with E-state index in [0.29, 0.717) is 12.4 Å². The molecule has 0 radical (unpaired) electrons. The number of halogens is 1. The number of amides is 1. The van der Waals surface area contributed by atoms with Crippen LogP contribution in [0.25, 0.3) is 0 Å².